The lowest BCUT2D eigenvalue weighted by Gasteiger charge is -2.36. The van der Waals surface area contributed by atoms with E-state index in [0.29, 0.717) is 19.6 Å². The molecule has 0 aliphatic carbocycles. The summed E-state index contributed by atoms with van der Waals surface area (Å²) in [6.07, 6.45) is 2.85. The van der Waals surface area contributed by atoms with Crippen molar-refractivity contribution >= 4 is 34.2 Å². The number of rotatable bonds is 4. The number of hydrogen-bond donors (Lipinski definition) is 2. The zero-order valence-electron chi connectivity index (χ0n) is 16.0. The third kappa shape index (κ3) is 3.94. The summed E-state index contributed by atoms with van der Waals surface area (Å²) in [6, 6.07) is 14.4. The summed E-state index contributed by atoms with van der Waals surface area (Å²) in [6.45, 7) is 5.69. The van der Waals surface area contributed by atoms with Gasteiger partial charge in [-0.05, 0) is 42.7 Å². The molecule has 6 heteroatoms. The third-order valence-corrected chi connectivity index (χ3v) is 5.84. The van der Waals surface area contributed by atoms with Crippen LogP contribution in [0.2, 0.25) is 5.02 Å². The molecule has 1 aliphatic rings. The molecule has 1 aliphatic heterocycles. The van der Waals surface area contributed by atoms with E-state index in [2.05, 4.69) is 33.4 Å². The molecule has 0 saturated carbocycles. The van der Waals surface area contributed by atoms with Gasteiger partial charge in [-0.1, -0.05) is 35.9 Å². The van der Waals surface area contributed by atoms with E-state index in [9.17, 15) is 4.79 Å². The van der Waals surface area contributed by atoms with Gasteiger partial charge >= 0.3 is 6.03 Å². The fraction of sp³-hybridized carbons (Fsp3) is 0.318. The summed E-state index contributed by atoms with van der Waals surface area (Å²) in [5.74, 6) is 0. The molecule has 2 heterocycles. The first-order chi connectivity index (χ1) is 13.6. The van der Waals surface area contributed by atoms with Crippen LogP contribution in [0, 0.1) is 6.92 Å². The van der Waals surface area contributed by atoms with Crippen molar-refractivity contribution < 1.29 is 4.79 Å². The lowest BCUT2D eigenvalue weighted by molar-refractivity contribution is 0.194. The molecular weight excluding hydrogens is 372 g/mol. The quantitative estimate of drug-likeness (QED) is 0.694. The maximum atomic E-state index is 12.5. The molecule has 2 N–H and O–H groups in total. The largest absolute Gasteiger partial charge is 0.368 e. The van der Waals surface area contributed by atoms with Crippen molar-refractivity contribution in [2.75, 3.05) is 37.6 Å². The standard InChI is InChI=1S/C22H25ClN4O/c1-16-6-7-18(14-20(16)23)26-10-12-27(13-11-26)22(28)24-9-8-17-15-25-21-5-3-2-4-19(17)21/h2-7,14-15,25H,8-13H2,1H3,(H,24,28). The summed E-state index contributed by atoms with van der Waals surface area (Å²) < 4.78 is 0. The average molecular weight is 397 g/mol. The van der Waals surface area contributed by atoms with Crippen molar-refractivity contribution in [1.29, 1.82) is 0 Å². The Labute approximate surface area is 170 Å². The molecule has 2 amide bonds. The van der Waals surface area contributed by atoms with Gasteiger partial charge in [0.15, 0.2) is 0 Å². The third-order valence-electron chi connectivity index (χ3n) is 5.43. The zero-order chi connectivity index (χ0) is 19.5. The molecule has 3 aromatic rings. The number of carbonyl (C=O) groups is 1. The monoisotopic (exact) mass is 396 g/mol. The van der Waals surface area contributed by atoms with Gasteiger partial charge in [-0.25, -0.2) is 4.79 Å². The Hall–Kier alpha value is -2.66. The highest BCUT2D eigenvalue weighted by molar-refractivity contribution is 6.31. The molecule has 0 bridgehead atoms. The van der Waals surface area contributed by atoms with Crippen LogP contribution in [0.4, 0.5) is 10.5 Å². The number of aromatic amines is 1. The Bertz CT molecular complexity index is 976. The van der Waals surface area contributed by atoms with Crippen molar-refractivity contribution in [3.8, 4) is 0 Å². The topological polar surface area (TPSA) is 51.4 Å². The second-order valence-electron chi connectivity index (χ2n) is 7.25. The fourth-order valence-corrected chi connectivity index (χ4v) is 3.88. The normalized spacial score (nSPS) is 14.5. The van der Waals surface area contributed by atoms with Gasteiger partial charge in [0.25, 0.3) is 0 Å². The first-order valence-electron chi connectivity index (χ1n) is 9.71. The number of benzene rings is 2. The summed E-state index contributed by atoms with van der Waals surface area (Å²) in [5.41, 5.74) is 4.57. The first-order valence-corrected chi connectivity index (χ1v) is 10.1. The minimum absolute atomic E-state index is 0.0152. The number of amides is 2. The van der Waals surface area contributed by atoms with Crippen LogP contribution >= 0.6 is 11.6 Å². The van der Waals surface area contributed by atoms with Crippen molar-refractivity contribution in [1.82, 2.24) is 15.2 Å². The van der Waals surface area contributed by atoms with E-state index >= 15 is 0 Å². The number of urea groups is 1. The van der Waals surface area contributed by atoms with Gasteiger partial charge in [0.05, 0.1) is 0 Å². The Morgan fingerprint density at radius 1 is 1.14 bits per heavy atom. The van der Waals surface area contributed by atoms with E-state index in [1.54, 1.807) is 0 Å². The lowest BCUT2D eigenvalue weighted by atomic mass is 10.1. The van der Waals surface area contributed by atoms with Gasteiger partial charge in [-0.3, -0.25) is 0 Å². The van der Waals surface area contributed by atoms with Crippen LogP contribution in [0.1, 0.15) is 11.1 Å². The average Bonchev–Trinajstić information content (AvgIpc) is 3.13. The zero-order valence-corrected chi connectivity index (χ0v) is 16.8. The van der Waals surface area contributed by atoms with Crippen molar-refractivity contribution in [3.63, 3.8) is 0 Å². The SMILES string of the molecule is Cc1ccc(N2CCN(C(=O)NCCc3c[nH]c4ccccc34)CC2)cc1Cl. The second-order valence-corrected chi connectivity index (χ2v) is 7.66. The highest BCUT2D eigenvalue weighted by atomic mass is 35.5. The Kier molecular flexibility index (Phi) is 5.44. The van der Waals surface area contributed by atoms with Crippen LogP contribution in [0.3, 0.4) is 0 Å². The maximum Gasteiger partial charge on any atom is 0.317 e. The predicted molar refractivity (Wildman–Crippen MR) is 115 cm³/mol. The fourth-order valence-electron chi connectivity index (χ4n) is 3.70. The highest BCUT2D eigenvalue weighted by Gasteiger charge is 2.21. The van der Waals surface area contributed by atoms with Crippen LogP contribution in [0.5, 0.6) is 0 Å². The first kappa shape index (κ1) is 18.7. The number of H-pyrrole nitrogens is 1. The number of aryl methyl sites for hydroxylation is 1. The summed E-state index contributed by atoms with van der Waals surface area (Å²) in [4.78, 5) is 19.9. The molecular formula is C22H25ClN4O. The Morgan fingerprint density at radius 2 is 1.93 bits per heavy atom. The van der Waals surface area contributed by atoms with Crippen molar-refractivity contribution in [3.05, 3.63) is 64.8 Å². The van der Waals surface area contributed by atoms with E-state index in [1.807, 2.05) is 42.3 Å². The molecule has 0 radical (unpaired) electrons. The second kappa shape index (κ2) is 8.15. The number of nitrogens with zero attached hydrogens (tertiary/aromatic N) is 2. The minimum Gasteiger partial charge on any atom is -0.368 e. The van der Waals surface area contributed by atoms with E-state index in [4.69, 9.17) is 11.6 Å². The highest BCUT2D eigenvalue weighted by Crippen LogP contribution is 2.24. The predicted octanol–water partition coefficient (Wildman–Crippen LogP) is 4.20. The number of aromatic nitrogens is 1. The number of hydrogen-bond acceptors (Lipinski definition) is 2. The molecule has 5 nitrogen and oxygen atoms in total. The lowest BCUT2D eigenvalue weighted by Crippen LogP contribution is -2.52. The number of piperazine rings is 1. The number of carbonyl (C=O) groups excluding carboxylic acids is 1. The van der Waals surface area contributed by atoms with E-state index < -0.39 is 0 Å². The molecule has 146 valence electrons. The van der Waals surface area contributed by atoms with Crippen molar-refractivity contribution in [2.24, 2.45) is 0 Å². The molecule has 0 unspecified atom stereocenters. The smallest absolute Gasteiger partial charge is 0.317 e. The van der Waals surface area contributed by atoms with Crippen LogP contribution in [0.15, 0.2) is 48.7 Å². The molecule has 2 aromatic carbocycles. The van der Waals surface area contributed by atoms with E-state index in [-0.39, 0.29) is 6.03 Å². The number of nitrogens with one attached hydrogen (secondary N) is 2. The molecule has 0 atom stereocenters. The van der Waals surface area contributed by atoms with Gasteiger partial charge in [-0.2, -0.15) is 0 Å². The summed E-state index contributed by atoms with van der Waals surface area (Å²) >= 11 is 6.24. The van der Waals surface area contributed by atoms with Crippen LogP contribution in [-0.2, 0) is 6.42 Å². The summed E-state index contributed by atoms with van der Waals surface area (Å²) in [7, 11) is 0. The van der Waals surface area contributed by atoms with Crippen LogP contribution in [-0.4, -0.2) is 48.6 Å². The number of anilines is 1. The molecule has 0 spiro atoms. The van der Waals surface area contributed by atoms with Gasteiger partial charge in [0, 0.05) is 60.5 Å². The van der Waals surface area contributed by atoms with Crippen molar-refractivity contribution in [2.45, 2.75) is 13.3 Å². The molecule has 1 saturated heterocycles. The van der Waals surface area contributed by atoms with Gasteiger partial charge in [0.1, 0.15) is 0 Å². The van der Waals surface area contributed by atoms with E-state index in [0.717, 1.165) is 41.3 Å². The molecule has 4 rings (SSSR count). The van der Waals surface area contributed by atoms with Crippen LogP contribution < -0.4 is 10.2 Å². The minimum atomic E-state index is 0.0152. The Balaban J connectivity index is 1.26. The number of halogens is 1. The van der Waals surface area contributed by atoms with Gasteiger partial charge in [0.2, 0.25) is 0 Å². The molecule has 28 heavy (non-hydrogen) atoms. The van der Waals surface area contributed by atoms with E-state index in [1.165, 1.54) is 10.9 Å². The Morgan fingerprint density at radius 3 is 2.71 bits per heavy atom. The maximum absolute atomic E-state index is 12.5. The van der Waals surface area contributed by atoms with Gasteiger partial charge < -0.3 is 20.1 Å². The van der Waals surface area contributed by atoms with Gasteiger partial charge in [-0.15, -0.1) is 0 Å². The summed E-state index contributed by atoms with van der Waals surface area (Å²) in [5, 5.41) is 5.07. The molecule has 1 fully saturated rings. The molecule has 1 aromatic heterocycles. The number of fused-ring (bicyclic) bond motifs is 1. The van der Waals surface area contributed by atoms with Crippen LogP contribution in [0.25, 0.3) is 10.9 Å². The number of para-hydroxylation sites is 1.